The molecule has 0 saturated heterocycles. The van der Waals surface area contributed by atoms with E-state index in [9.17, 15) is 9.59 Å². The molecule has 0 atom stereocenters. The third-order valence-electron chi connectivity index (χ3n) is 5.04. The molecule has 0 unspecified atom stereocenters. The van der Waals surface area contributed by atoms with Crippen molar-refractivity contribution in [1.82, 2.24) is 15.6 Å². The topological polar surface area (TPSA) is 89.6 Å². The average molecular weight is 432 g/mol. The SMILES string of the molecule is COCC(=O)NC1CCC(NC(=O)c2csc(COc3cc(C)cc(C)c3)n2)CC1. The molecule has 0 aliphatic heterocycles. The third kappa shape index (κ3) is 6.53. The van der Waals surface area contributed by atoms with Crippen LogP contribution in [0.5, 0.6) is 5.75 Å². The molecule has 0 bridgehead atoms. The first-order chi connectivity index (χ1) is 14.4. The monoisotopic (exact) mass is 431 g/mol. The van der Waals surface area contributed by atoms with Gasteiger partial charge in [-0.2, -0.15) is 0 Å². The second-order valence-corrected chi connectivity index (χ2v) is 8.70. The second kappa shape index (κ2) is 10.5. The zero-order valence-corrected chi connectivity index (χ0v) is 18.5. The van der Waals surface area contributed by atoms with E-state index < -0.39 is 0 Å². The summed E-state index contributed by atoms with van der Waals surface area (Å²) in [6, 6.07) is 6.32. The molecule has 1 aliphatic rings. The predicted octanol–water partition coefficient (Wildman–Crippen LogP) is 3.14. The first kappa shape index (κ1) is 22.2. The quantitative estimate of drug-likeness (QED) is 0.670. The molecular formula is C22H29N3O4S. The van der Waals surface area contributed by atoms with Gasteiger partial charge in [-0.05, 0) is 62.8 Å². The van der Waals surface area contributed by atoms with E-state index in [2.05, 4.69) is 21.7 Å². The number of methoxy groups -OCH3 is 1. The number of nitrogens with one attached hydrogen (secondary N) is 2. The lowest BCUT2D eigenvalue weighted by Gasteiger charge is -2.29. The lowest BCUT2D eigenvalue weighted by atomic mass is 9.91. The van der Waals surface area contributed by atoms with Gasteiger partial charge in [-0.3, -0.25) is 9.59 Å². The fourth-order valence-corrected chi connectivity index (χ4v) is 4.37. The average Bonchev–Trinajstić information content (AvgIpc) is 3.17. The number of ether oxygens (including phenoxy) is 2. The van der Waals surface area contributed by atoms with Crippen molar-refractivity contribution in [3.8, 4) is 5.75 Å². The van der Waals surface area contributed by atoms with Crippen LogP contribution < -0.4 is 15.4 Å². The highest BCUT2D eigenvalue weighted by Crippen LogP contribution is 2.21. The van der Waals surface area contributed by atoms with E-state index in [-0.39, 0.29) is 30.5 Å². The highest BCUT2D eigenvalue weighted by atomic mass is 32.1. The summed E-state index contributed by atoms with van der Waals surface area (Å²) in [6.07, 6.45) is 3.34. The summed E-state index contributed by atoms with van der Waals surface area (Å²) in [7, 11) is 1.51. The number of carbonyl (C=O) groups excluding carboxylic acids is 2. The Bertz CT molecular complexity index is 855. The number of hydrogen-bond donors (Lipinski definition) is 2. The number of thiazole rings is 1. The number of aromatic nitrogens is 1. The summed E-state index contributed by atoms with van der Waals surface area (Å²) in [5, 5.41) is 8.56. The number of nitrogens with zero attached hydrogens (tertiary/aromatic N) is 1. The second-order valence-electron chi connectivity index (χ2n) is 7.76. The van der Waals surface area contributed by atoms with Crippen LogP contribution in [-0.2, 0) is 16.1 Å². The molecular weight excluding hydrogens is 402 g/mol. The molecule has 1 aromatic heterocycles. The maximum absolute atomic E-state index is 12.5. The first-order valence-corrected chi connectivity index (χ1v) is 11.1. The minimum atomic E-state index is -0.157. The molecule has 7 nitrogen and oxygen atoms in total. The molecule has 30 heavy (non-hydrogen) atoms. The van der Waals surface area contributed by atoms with E-state index in [4.69, 9.17) is 9.47 Å². The molecule has 1 aromatic carbocycles. The summed E-state index contributed by atoms with van der Waals surface area (Å²) in [5.74, 6) is 0.557. The Kier molecular flexibility index (Phi) is 7.81. The molecule has 0 spiro atoms. The van der Waals surface area contributed by atoms with Gasteiger partial charge in [-0.15, -0.1) is 11.3 Å². The maximum atomic E-state index is 12.5. The molecule has 2 aromatic rings. The largest absolute Gasteiger partial charge is 0.486 e. The Balaban J connectivity index is 1.44. The van der Waals surface area contributed by atoms with Gasteiger partial charge < -0.3 is 20.1 Å². The van der Waals surface area contributed by atoms with E-state index in [1.54, 1.807) is 5.38 Å². The van der Waals surface area contributed by atoms with Crippen LogP contribution in [0.4, 0.5) is 0 Å². The molecule has 1 saturated carbocycles. The molecule has 3 rings (SSSR count). The highest BCUT2D eigenvalue weighted by molar-refractivity contribution is 7.09. The van der Waals surface area contributed by atoms with Gasteiger partial charge >= 0.3 is 0 Å². The Labute approximate surface area is 181 Å². The first-order valence-electron chi connectivity index (χ1n) is 10.2. The lowest BCUT2D eigenvalue weighted by molar-refractivity contribution is -0.125. The molecule has 1 aliphatic carbocycles. The van der Waals surface area contributed by atoms with E-state index >= 15 is 0 Å². The zero-order chi connectivity index (χ0) is 21.5. The van der Waals surface area contributed by atoms with Gasteiger partial charge in [0.2, 0.25) is 5.91 Å². The van der Waals surface area contributed by atoms with Crippen molar-refractivity contribution >= 4 is 23.2 Å². The zero-order valence-electron chi connectivity index (χ0n) is 17.7. The molecule has 2 N–H and O–H groups in total. The van der Waals surface area contributed by atoms with Crippen LogP contribution in [0.3, 0.4) is 0 Å². The number of amides is 2. The third-order valence-corrected chi connectivity index (χ3v) is 5.87. The molecule has 162 valence electrons. The fourth-order valence-electron chi connectivity index (χ4n) is 3.68. The van der Waals surface area contributed by atoms with Gasteiger partial charge in [0.15, 0.2) is 0 Å². The van der Waals surface area contributed by atoms with Gasteiger partial charge in [0.25, 0.3) is 5.91 Å². The maximum Gasteiger partial charge on any atom is 0.270 e. The minimum absolute atomic E-state index is 0.0794. The van der Waals surface area contributed by atoms with Gasteiger partial charge in [-0.1, -0.05) is 6.07 Å². The molecule has 2 amide bonds. The van der Waals surface area contributed by atoms with Gasteiger partial charge in [0, 0.05) is 24.6 Å². The van der Waals surface area contributed by atoms with Crippen molar-refractivity contribution in [2.24, 2.45) is 0 Å². The predicted molar refractivity (Wildman–Crippen MR) is 116 cm³/mol. The Morgan fingerprint density at radius 1 is 1.07 bits per heavy atom. The van der Waals surface area contributed by atoms with E-state index in [1.165, 1.54) is 18.4 Å². The van der Waals surface area contributed by atoms with Crippen molar-refractivity contribution < 1.29 is 19.1 Å². The van der Waals surface area contributed by atoms with Crippen LogP contribution in [0.2, 0.25) is 0 Å². The smallest absolute Gasteiger partial charge is 0.270 e. The summed E-state index contributed by atoms with van der Waals surface area (Å²) in [6.45, 7) is 4.49. The minimum Gasteiger partial charge on any atom is -0.486 e. The molecule has 8 heteroatoms. The number of carbonyl (C=O) groups is 2. The van der Waals surface area contributed by atoms with E-state index in [1.807, 2.05) is 26.0 Å². The van der Waals surface area contributed by atoms with Crippen LogP contribution in [0, 0.1) is 13.8 Å². The highest BCUT2D eigenvalue weighted by Gasteiger charge is 2.24. The van der Waals surface area contributed by atoms with Crippen LogP contribution in [0.1, 0.15) is 52.3 Å². The number of aryl methyl sites for hydroxylation is 2. The molecule has 1 heterocycles. The van der Waals surface area contributed by atoms with E-state index in [0.717, 1.165) is 47.6 Å². The summed E-state index contributed by atoms with van der Waals surface area (Å²) >= 11 is 1.42. The van der Waals surface area contributed by atoms with E-state index in [0.29, 0.717) is 12.3 Å². The van der Waals surface area contributed by atoms with Gasteiger partial charge in [0.1, 0.15) is 29.7 Å². The Morgan fingerprint density at radius 2 is 1.70 bits per heavy atom. The number of rotatable bonds is 8. The fraction of sp³-hybridized carbons (Fsp3) is 0.500. The summed E-state index contributed by atoms with van der Waals surface area (Å²) in [5.41, 5.74) is 2.73. The molecule has 0 radical (unpaired) electrons. The van der Waals surface area contributed by atoms with Crippen molar-refractivity contribution in [2.45, 2.75) is 58.2 Å². The number of hydrogen-bond acceptors (Lipinski definition) is 6. The van der Waals surface area contributed by atoms with Crippen molar-refractivity contribution in [3.05, 3.63) is 45.4 Å². The van der Waals surface area contributed by atoms with Crippen LogP contribution >= 0.6 is 11.3 Å². The van der Waals surface area contributed by atoms with Gasteiger partial charge in [-0.25, -0.2) is 4.98 Å². The Morgan fingerprint density at radius 3 is 2.33 bits per heavy atom. The van der Waals surface area contributed by atoms with Crippen molar-refractivity contribution in [1.29, 1.82) is 0 Å². The summed E-state index contributed by atoms with van der Waals surface area (Å²) < 4.78 is 10.7. The summed E-state index contributed by atoms with van der Waals surface area (Å²) in [4.78, 5) is 28.6. The normalized spacial score (nSPS) is 18.6. The van der Waals surface area contributed by atoms with Crippen LogP contribution in [0.25, 0.3) is 0 Å². The Hall–Kier alpha value is -2.45. The van der Waals surface area contributed by atoms with Crippen LogP contribution in [-0.4, -0.2) is 42.6 Å². The van der Waals surface area contributed by atoms with Crippen molar-refractivity contribution in [2.75, 3.05) is 13.7 Å². The van der Waals surface area contributed by atoms with Gasteiger partial charge in [0.05, 0.1) is 0 Å². The standard InChI is InChI=1S/C22H29N3O4S/c1-14-8-15(2)10-18(9-14)29-12-21-25-19(13-30-21)22(27)24-17-6-4-16(5-7-17)23-20(26)11-28-3/h8-10,13,16-17H,4-7,11-12H2,1-3H3,(H,23,26)(H,24,27). The molecule has 1 fully saturated rings. The number of benzene rings is 1. The van der Waals surface area contributed by atoms with Crippen LogP contribution in [0.15, 0.2) is 23.6 Å². The van der Waals surface area contributed by atoms with Crippen molar-refractivity contribution in [3.63, 3.8) is 0 Å². The lowest BCUT2D eigenvalue weighted by Crippen LogP contribution is -2.44.